The third-order valence-electron chi connectivity index (χ3n) is 3.15. The Labute approximate surface area is 118 Å². The number of nitrogens with two attached hydrogens (primary N) is 1. The van der Waals surface area contributed by atoms with Gasteiger partial charge < -0.3 is 5.73 Å². The number of thiophene rings is 1. The molecule has 0 saturated heterocycles. The molecule has 0 aliphatic rings. The average Bonchev–Trinajstić information content (AvgIpc) is 2.90. The van der Waals surface area contributed by atoms with Gasteiger partial charge in [0.15, 0.2) is 0 Å². The molecule has 1 aromatic heterocycles. The number of halogens is 1. The summed E-state index contributed by atoms with van der Waals surface area (Å²) in [4.78, 5) is 1.45. The lowest BCUT2D eigenvalue weighted by Crippen LogP contribution is -2.17. The van der Waals surface area contributed by atoms with Crippen molar-refractivity contribution in [2.75, 3.05) is 6.54 Å². The summed E-state index contributed by atoms with van der Waals surface area (Å²) >= 11 is 7.71. The molecule has 0 aliphatic carbocycles. The highest BCUT2D eigenvalue weighted by atomic mass is 35.5. The summed E-state index contributed by atoms with van der Waals surface area (Å²) in [6, 6.07) is 12.4. The van der Waals surface area contributed by atoms with Gasteiger partial charge in [0.05, 0.1) is 0 Å². The van der Waals surface area contributed by atoms with Gasteiger partial charge in [0, 0.05) is 9.90 Å². The molecule has 2 aromatic rings. The molecule has 1 aromatic carbocycles. The second kappa shape index (κ2) is 6.93. The molecule has 0 aliphatic heterocycles. The summed E-state index contributed by atoms with van der Waals surface area (Å²) < 4.78 is 0. The zero-order valence-corrected chi connectivity index (χ0v) is 11.9. The molecule has 18 heavy (non-hydrogen) atoms. The maximum Gasteiger partial charge on any atom is 0.0406 e. The van der Waals surface area contributed by atoms with Crippen LogP contribution >= 0.6 is 22.9 Å². The topological polar surface area (TPSA) is 26.0 Å². The van der Waals surface area contributed by atoms with Crippen LogP contribution in [0.15, 0.2) is 41.8 Å². The molecule has 1 atom stereocenters. The molecule has 2 rings (SSSR count). The first-order valence-electron chi connectivity index (χ1n) is 6.25. The summed E-state index contributed by atoms with van der Waals surface area (Å²) in [6.45, 7) is 0.744. The van der Waals surface area contributed by atoms with Crippen LogP contribution < -0.4 is 5.73 Å². The van der Waals surface area contributed by atoms with Gasteiger partial charge in [-0.1, -0.05) is 29.8 Å². The van der Waals surface area contributed by atoms with Gasteiger partial charge in [0.2, 0.25) is 0 Å². The van der Waals surface area contributed by atoms with E-state index in [1.807, 2.05) is 23.5 Å². The van der Waals surface area contributed by atoms with Gasteiger partial charge in [-0.3, -0.25) is 0 Å². The zero-order chi connectivity index (χ0) is 12.8. The Morgan fingerprint density at radius 1 is 1.17 bits per heavy atom. The standard InChI is InChI=1S/C15H18ClNS/c16-14-6-3-12(4-7-14)10-13(11-17)5-8-15-2-1-9-18-15/h1-4,6-7,9,13H,5,8,10-11,17H2. The smallest absolute Gasteiger partial charge is 0.0406 e. The highest BCUT2D eigenvalue weighted by Crippen LogP contribution is 2.18. The van der Waals surface area contributed by atoms with Gasteiger partial charge in [0.1, 0.15) is 0 Å². The lowest BCUT2D eigenvalue weighted by atomic mass is 9.94. The fourth-order valence-electron chi connectivity index (χ4n) is 2.06. The summed E-state index contributed by atoms with van der Waals surface area (Å²) in [5, 5.41) is 2.92. The number of aryl methyl sites for hydroxylation is 1. The first-order valence-corrected chi connectivity index (χ1v) is 7.50. The Hall–Kier alpha value is -0.830. The molecule has 1 unspecified atom stereocenters. The Morgan fingerprint density at radius 3 is 2.56 bits per heavy atom. The third-order valence-corrected chi connectivity index (χ3v) is 4.34. The Bertz CT molecular complexity index is 450. The van der Waals surface area contributed by atoms with Gasteiger partial charge >= 0.3 is 0 Å². The second-order valence-electron chi connectivity index (χ2n) is 4.55. The molecule has 0 amide bonds. The average molecular weight is 280 g/mol. The van der Waals surface area contributed by atoms with Crippen molar-refractivity contribution in [2.24, 2.45) is 11.7 Å². The van der Waals surface area contributed by atoms with Crippen LogP contribution in [0.2, 0.25) is 5.02 Å². The number of hydrogen-bond donors (Lipinski definition) is 1. The van der Waals surface area contributed by atoms with Crippen LogP contribution in [0, 0.1) is 5.92 Å². The number of rotatable bonds is 6. The number of benzene rings is 1. The highest BCUT2D eigenvalue weighted by molar-refractivity contribution is 7.09. The van der Waals surface area contributed by atoms with Crippen LogP contribution in [0.4, 0.5) is 0 Å². The maximum absolute atomic E-state index is 5.89. The van der Waals surface area contributed by atoms with Crippen molar-refractivity contribution in [1.29, 1.82) is 0 Å². The minimum Gasteiger partial charge on any atom is -0.330 e. The van der Waals surface area contributed by atoms with Gasteiger partial charge in [-0.15, -0.1) is 11.3 Å². The number of hydrogen-bond acceptors (Lipinski definition) is 2. The summed E-state index contributed by atoms with van der Waals surface area (Å²) in [5.74, 6) is 0.549. The van der Waals surface area contributed by atoms with E-state index < -0.39 is 0 Å². The molecular weight excluding hydrogens is 262 g/mol. The molecule has 1 heterocycles. The van der Waals surface area contributed by atoms with Gasteiger partial charge in [0.25, 0.3) is 0 Å². The van der Waals surface area contributed by atoms with E-state index in [0.29, 0.717) is 5.92 Å². The predicted octanol–water partition coefficient (Wildman–Crippen LogP) is 4.15. The molecule has 0 spiro atoms. The van der Waals surface area contributed by atoms with E-state index in [0.717, 1.165) is 30.8 Å². The van der Waals surface area contributed by atoms with Crippen molar-refractivity contribution in [3.05, 3.63) is 57.2 Å². The van der Waals surface area contributed by atoms with E-state index >= 15 is 0 Å². The van der Waals surface area contributed by atoms with E-state index in [1.54, 1.807) is 0 Å². The van der Waals surface area contributed by atoms with Crippen molar-refractivity contribution in [2.45, 2.75) is 19.3 Å². The third kappa shape index (κ3) is 4.13. The van der Waals surface area contributed by atoms with Crippen molar-refractivity contribution in [3.8, 4) is 0 Å². The van der Waals surface area contributed by atoms with E-state index in [1.165, 1.54) is 10.4 Å². The molecular formula is C15H18ClNS. The lowest BCUT2D eigenvalue weighted by Gasteiger charge is -2.14. The predicted molar refractivity (Wildman–Crippen MR) is 80.3 cm³/mol. The van der Waals surface area contributed by atoms with E-state index in [4.69, 9.17) is 17.3 Å². The molecule has 1 nitrogen and oxygen atoms in total. The van der Waals surface area contributed by atoms with Crippen molar-refractivity contribution in [3.63, 3.8) is 0 Å². The van der Waals surface area contributed by atoms with Gasteiger partial charge in [-0.2, -0.15) is 0 Å². The highest BCUT2D eigenvalue weighted by Gasteiger charge is 2.08. The zero-order valence-electron chi connectivity index (χ0n) is 10.3. The first kappa shape index (κ1) is 13.6. The normalized spacial score (nSPS) is 12.6. The van der Waals surface area contributed by atoms with Crippen molar-refractivity contribution in [1.82, 2.24) is 0 Å². The molecule has 0 radical (unpaired) electrons. The van der Waals surface area contributed by atoms with Crippen LogP contribution in [0.3, 0.4) is 0 Å². The maximum atomic E-state index is 5.89. The van der Waals surface area contributed by atoms with Gasteiger partial charge in [-0.25, -0.2) is 0 Å². The minimum atomic E-state index is 0.549. The van der Waals surface area contributed by atoms with Crippen LogP contribution in [0.1, 0.15) is 16.9 Å². The quantitative estimate of drug-likeness (QED) is 0.844. The molecule has 96 valence electrons. The lowest BCUT2D eigenvalue weighted by molar-refractivity contribution is 0.496. The minimum absolute atomic E-state index is 0.549. The van der Waals surface area contributed by atoms with E-state index in [9.17, 15) is 0 Å². The van der Waals surface area contributed by atoms with E-state index in [-0.39, 0.29) is 0 Å². The van der Waals surface area contributed by atoms with Crippen molar-refractivity contribution < 1.29 is 0 Å². The van der Waals surface area contributed by atoms with Crippen LogP contribution in [-0.4, -0.2) is 6.54 Å². The summed E-state index contributed by atoms with van der Waals surface area (Å²) in [5.41, 5.74) is 7.19. The first-order chi connectivity index (χ1) is 8.78. The SMILES string of the molecule is NCC(CCc1cccs1)Cc1ccc(Cl)cc1. The second-order valence-corrected chi connectivity index (χ2v) is 6.02. The monoisotopic (exact) mass is 279 g/mol. The van der Waals surface area contributed by atoms with Crippen LogP contribution in [0.25, 0.3) is 0 Å². The van der Waals surface area contributed by atoms with Gasteiger partial charge in [-0.05, 0) is 60.9 Å². The summed E-state index contributed by atoms with van der Waals surface area (Å²) in [7, 11) is 0. The fourth-order valence-corrected chi connectivity index (χ4v) is 2.91. The Morgan fingerprint density at radius 2 is 1.94 bits per heavy atom. The van der Waals surface area contributed by atoms with E-state index in [2.05, 4.69) is 29.6 Å². The summed E-state index contributed by atoms with van der Waals surface area (Å²) in [6.07, 6.45) is 3.33. The van der Waals surface area contributed by atoms with Crippen molar-refractivity contribution >= 4 is 22.9 Å². The molecule has 2 N–H and O–H groups in total. The molecule has 3 heteroatoms. The molecule has 0 saturated carbocycles. The molecule has 0 fully saturated rings. The largest absolute Gasteiger partial charge is 0.330 e. The fraction of sp³-hybridized carbons (Fsp3) is 0.333. The Kier molecular flexibility index (Phi) is 5.24. The molecule has 0 bridgehead atoms. The van der Waals surface area contributed by atoms with Crippen LogP contribution in [0.5, 0.6) is 0 Å². The van der Waals surface area contributed by atoms with Crippen LogP contribution in [-0.2, 0) is 12.8 Å². The Balaban J connectivity index is 1.87.